The molecule has 0 amide bonds. The molecule has 1 nitrogen and oxygen atoms in total. The van der Waals surface area contributed by atoms with E-state index in [-0.39, 0.29) is 6.04 Å². The van der Waals surface area contributed by atoms with Crippen LogP contribution in [0.2, 0.25) is 0 Å². The fourth-order valence-electron chi connectivity index (χ4n) is 2.22. The van der Waals surface area contributed by atoms with Gasteiger partial charge in [0, 0.05) is 11.3 Å². The second-order valence-electron chi connectivity index (χ2n) is 4.62. The van der Waals surface area contributed by atoms with Crippen molar-refractivity contribution >= 4 is 11.8 Å². The van der Waals surface area contributed by atoms with E-state index in [0.717, 1.165) is 24.7 Å². The van der Waals surface area contributed by atoms with E-state index < -0.39 is 11.7 Å². The number of nitrogens with two attached hydrogens (primary N) is 1. The fourth-order valence-corrected chi connectivity index (χ4v) is 3.53. The van der Waals surface area contributed by atoms with Crippen LogP contribution < -0.4 is 5.73 Å². The summed E-state index contributed by atoms with van der Waals surface area (Å²) in [4.78, 5) is 0. The third-order valence-corrected chi connectivity index (χ3v) is 4.71. The summed E-state index contributed by atoms with van der Waals surface area (Å²) in [5.41, 5.74) is 6.15. The molecule has 1 aromatic carbocycles. The summed E-state index contributed by atoms with van der Waals surface area (Å²) in [6, 6.07) is 5.42. The van der Waals surface area contributed by atoms with Crippen molar-refractivity contribution in [2.45, 2.75) is 36.7 Å². The van der Waals surface area contributed by atoms with Crippen LogP contribution in [0.5, 0.6) is 0 Å². The van der Waals surface area contributed by atoms with Gasteiger partial charge in [-0.2, -0.15) is 24.9 Å². The van der Waals surface area contributed by atoms with Gasteiger partial charge < -0.3 is 5.73 Å². The van der Waals surface area contributed by atoms with Gasteiger partial charge in [-0.05, 0) is 36.6 Å². The Hall–Kier alpha value is -0.680. The first-order chi connectivity index (χ1) is 8.47. The van der Waals surface area contributed by atoms with Crippen LogP contribution in [0.1, 0.15) is 24.0 Å². The zero-order valence-corrected chi connectivity index (χ0v) is 10.7. The standard InChI is InChI=1S/C13H16F3NS/c14-13(15,16)10-4-1-3-9(7-10)8-11(17)12-5-2-6-18-12/h1,3-4,7,11-12H,2,5-6,8,17H2. The van der Waals surface area contributed by atoms with Crippen LogP contribution in [0.15, 0.2) is 24.3 Å². The first kappa shape index (κ1) is 13.7. The van der Waals surface area contributed by atoms with Crippen LogP contribution in [0.3, 0.4) is 0 Å². The van der Waals surface area contributed by atoms with E-state index in [2.05, 4.69) is 0 Å². The average Bonchev–Trinajstić information content (AvgIpc) is 2.81. The normalized spacial score (nSPS) is 22.1. The molecule has 5 heteroatoms. The summed E-state index contributed by atoms with van der Waals surface area (Å²) in [5, 5.41) is 0.388. The molecule has 0 aromatic heterocycles. The van der Waals surface area contributed by atoms with Gasteiger partial charge in [0.25, 0.3) is 0 Å². The summed E-state index contributed by atoms with van der Waals surface area (Å²) in [6.07, 6.45) is -1.53. The second-order valence-corrected chi connectivity index (χ2v) is 5.96. The third kappa shape index (κ3) is 3.42. The Morgan fingerprint density at radius 1 is 1.39 bits per heavy atom. The van der Waals surface area contributed by atoms with Crippen molar-refractivity contribution in [3.8, 4) is 0 Å². The molecule has 1 fully saturated rings. The molecular weight excluding hydrogens is 259 g/mol. The number of rotatable bonds is 3. The molecule has 1 aliphatic rings. The van der Waals surface area contributed by atoms with Gasteiger partial charge >= 0.3 is 6.18 Å². The zero-order chi connectivity index (χ0) is 13.2. The maximum atomic E-state index is 12.6. The summed E-state index contributed by atoms with van der Waals surface area (Å²) in [6.45, 7) is 0. The minimum atomic E-state index is -4.28. The van der Waals surface area contributed by atoms with E-state index >= 15 is 0 Å². The molecule has 1 aromatic rings. The number of alkyl halides is 3. The van der Waals surface area contributed by atoms with Crippen LogP contribution in [0, 0.1) is 0 Å². The van der Waals surface area contributed by atoms with Gasteiger partial charge in [0.1, 0.15) is 0 Å². The lowest BCUT2D eigenvalue weighted by Gasteiger charge is -2.18. The lowest BCUT2D eigenvalue weighted by atomic mass is 10.00. The highest BCUT2D eigenvalue weighted by Crippen LogP contribution is 2.31. The van der Waals surface area contributed by atoms with Gasteiger partial charge in [-0.3, -0.25) is 0 Å². The summed E-state index contributed by atoms with van der Waals surface area (Å²) in [7, 11) is 0. The molecule has 0 aliphatic carbocycles. The number of hydrogen-bond acceptors (Lipinski definition) is 2. The molecule has 2 atom stereocenters. The first-order valence-electron chi connectivity index (χ1n) is 6.00. The van der Waals surface area contributed by atoms with Crippen LogP contribution in [0.25, 0.3) is 0 Å². The lowest BCUT2D eigenvalue weighted by Crippen LogP contribution is -2.33. The van der Waals surface area contributed by atoms with Crippen molar-refractivity contribution in [3.05, 3.63) is 35.4 Å². The molecular formula is C13H16F3NS. The number of thioether (sulfide) groups is 1. The fraction of sp³-hybridized carbons (Fsp3) is 0.538. The average molecular weight is 275 g/mol. The molecule has 100 valence electrons. The molecule has 1 saturated heterocycles. The van der Waals surface area contributed by atoms with Gasteiger partial charge in [0.05, 0.1) is 5.56 Å². The largest absolute Gasteiger partial charge is 0.416 e. The quantitative estimate of drug-likeness (QED) is 0.914. The van der Waals surface area contributed by atoms with Gasteiger partial charge in [-0.1, -0.05) is 18.2 Å². The van der Waals surface area contributed by atoms with E-state index in [4.69, 9.17) is 5.73 Å². The molecule has 2 N–H and O–H groups in total. The second kappa shape index (κ2) is 5.53. The lowest BCUT2D eigenvalue weighted by molar-refractivity contribution is -0.137. The Balaban J connectivity index is 2.04. The molecule has 1 heterocycles. The molecule has 2 unspecified atom stereocenters. The first-order valence-corrected chi connectivity index (χ1v) is 7.05. The maximum absolute atomic E-state index is 12.6. The Labute approximate surface area is 109 Å². The van der Waals surface area contributed by atoms with E-state index in [1.807, 2.05) is 11.8 Å². The van der Waals surface area contributed by atoms with Crippen LogP contribution in [-0.4, -0.2) is 17.0 Å². The van der Waals surface area contributed by atoms with Gasteiger partial charge in [-0.25, -0.2) is 0 Å². The minimum absolute atomic E-state index is 0.0546. The highest BCUT2D eigenvalue weighted by atomic mass is 32.2. The Kier molecular flexibility index (Phi) is 4.22. The van der Waals surface area contributed by atoms with E-state index in [1.54, 1.807) is 6.07 Å². The van der Waals surface area contributed by atoms with Gasteiger partial charge in [-0.15, -0.1) is 0 Å². The Morgan fingerprint density at radius 3 is 2.78 bits per heavy atom. The highest BCUT2D eigenvalue weighted by molar-refractivity contribution is 8.00. The van der Waals surface area contributed by atoms with Crippen molar-refractivity contribution in [1.82, 2.24) is 0 Å². The topological polar surface area (TPSA) is 26.0 Å². The van der Waals surface area contributed by atoms with E-state index in [9.17, 15) is 13.2 Å². The smallest absolute Gasteiger partial charge is 0.326 e. The molecule has 1 aliphatic heterocycles. The van der Waals surface area contributed by atoms with Crippen LogP contribution in [0.4, 0.5) is 13.2 Å². The SMILES string of the molecule is NC(Cc1cccc(C(F)(F)F)c1)C1CCCS1. The number of benzene rings is 1. The molecule has 18 heavy (non-hydrogen) atoms. The number of hydrogen-bond donors (Lipinski definition) is 1. The predicted octanol–water partition coefficient (Wildman–Crippen LogP) is 3.47. The zero-order valence-electron chi connectivity index (χ0n) is 9.91. The highest BCUT2D eigenvalue weighted by Gasteiger charge is 2.30. The molecule has 0 radical (unpaired) electrons. The molecule has 0 bridgehead atoms. The summed E-state index contributed by atoms with van der Waals surface area (Å²) < 4.78 is 37.7. The van der Waals surface area contributed by atoms with Crippen LogP contribution in [-0.2, 0) is 12.6 Å². The Bertz CT molecular complexity index is 399. The van der Waals surface area contributed by atoms with Gasteiger partial charge in [0.15, 0.2) is 0 Å². The van der Waals surface area contributed by atoms with Crippen molar-refractivity contribution in [1.29, 1.82) is 0 Å². The van der Waals surface area contributed by atoms with Crippen LogP contribution >= 0.6 is 11.8 Å². The number of halogens is 3. The Morgan fingerprint density at radius 2 is 2.17 bits per heavy atom. The molecule has 0 spiro atoms. The van der Waals surface area contributed by atoms with Crippen molar-refractivity contribution in [3.63, 3.8) is 0 Å². The summed E-state index contributed by atoms with van der Waals surface area (Å²) in [5.74, 6) is 1.11. The molecule has 2 rings (SSSR count). The van der Waals surface area contributed by atoms with Crippen molar-refractivity contribution < 1.29 is 13.2 Å². The minimum Gasteiger partial charge on any atom is -0.326 e. The predicted molar refractivity (Wildman–Crippen MR) is 68.6 cm³/mol. The van der Waals surface area contributed by atoms with Gasteiger partial charge in [0.2, 0.25) is 0 Å². The van der Waals surface area contributed by atoms with E-state index in [0.29, 0.717) is 17.2 Å². The maximum Gasteiger partial charge on any atom is 0.416 e. The summed E-state index contributed by atoms with van der Waals surface area (Å²) >= 11 is 1.83. The van der Waals surface area contributed by atoms with Crippen molar-refractivity contribution in [2.24, 2.45) is 5.73 Å². The van der Waals surface area contributed by atoms with Crippen molar-refractivity contribution in [2.75, 3.05) is 5.75 Å². The monoisotopic (exact) mass is 275 g/mol. The molecule has 0 saturated carbocycles. The van der Waals surface area contributed by atoms with E-state index in [1.165, 1.54) is 12.1 Å². The third-order valence-electron chi connectivity index (χ3n) is 3.17.